The van der Waals surface area contributed by atoms with Crippen LogP contribution in [0.2, 0.25) is 0 Å². The number of amides is 1. The van der Waals surface area contributed by atoms with E-state index in [2.05, 4.69) is 5.16 Å². The molecule has 1 unspecified atom stereocenters. The predicted molar refractivity (Wildman–Crippen MR) is 59.6 cm³/mol. The smallest absolute Gasteiger partial charge is 0.308 e. The van der Waals surface area contributed by atoms with Crippen molar-refractivity contribution in [2.24, 2.45) is 5.92 Å². The van der Waals surface area contributed by atoms with Gasteiger partial charge >= 0.3 is 5.97 Å². The third-order valence-corrected chi connectivity index (χ3v) is 2.57. The molecular weight excluding hydrogens is 224 g/mol. The number of aromatic nitrogens is 1. The number of carbonyl (C=O) groups excluding carboxylic acids is 1. The van der Waals surface area contributed by atoms with Crippen molar-refractivity contribution >= 4 is 11.9 Å². The zero-order valence-corrected chi connectivity index (χ0v) is 10.1. The molecule has 0 saturated carbocycles. The van der Waals surface area contributed by atoms with Gasteiger partial charge in [0.2, 0.25) is 0 Å². The minimum absolute atomic E-state index is 0.176. The molecule has 0 aliphatic rings. The summed E-state index contributed by atoms with van der Waals surface area (Å²) in [5.41, 5.74) is 0.379. The van der Waals surface area contributed by atoms with E-state index < -0.39 is 11.9 Å². The molecule has 1 aromatic rings. The van der Waals surface area contributed by atoms with Crippen molar-refractivity contribution in [3.05, 3.63) is 17.5 Å². The standard InChI is InChI=1S/C11H16N2O4/c1-4-13(6-7(2)11(15)16)10(14)9-5-12-17-8(9)3/h5,7H,4,6H2,1-3H3,(H,15,16). The Morgan fingerprint density at radius 3 is 2.65 bits per heavy atom. The molecule has 1 N–H and O–H groups in total. The monoisotopic (exact) mass is 240 g/mol. The lowest BCUT2D eigenvalue weighted by Crippen LogP contribution is -2.36. The van der Waals surface area contributed by atoms with Crippen LogP contribution >= 0.6 is 0 Å². The Morgan fingerprint density at radius 1 is 1.59 bits per heavy atom. The van der Waals surface area contributed by atoms with Crippen molar-refractivity contribution in [3.8, 4) is 0 Å². The number of rotatable bonds is 5. The van der Waals surface area contributed by atoms with Crippen LogP contribution in [0.15, 0.2) is 10.7 Å². The fourth-order valence-electron chi connectivity index (χ4n) is 1.44. The summed E-state index contributed by atoms with van der Waals surface area (Å²) in [7, 11) is 0. The molecule has 1 rings (SSSR count). The van der Waals surface area contributed by atoms with Gasteiger partial charge in [-0.25, -0.2) is 0 Å². The van der Waals surface area contributed by atoms with Crippen molar-refractivity contribution < 1.29 is 19.2 Å². The van der Waals surface area contributed by atoms with Crippen molar-refractivity contribution in [3.63, 3.8) is 0 Å². The first-order chi connectivity index (χ1) is 7.97. The Kier molecular flexibility index (Phi) is 4.25. The summed E-state index contributed by atoms with van der Waals surface area (Å²) in [5.74, 6) is -1.33. The lowest BCUT2D eigenvalue weighted by Gasteiger charge is -2.22. The minimum atomic E-state index is -0.918. The van der Waals surface area contributed by atoms with Crippen LogP contribution in [0.1, 0.15) is 30.0 Å². The van der Waals surface area contributed by atoms with Crippen molar-refractivity contribution in [2.45, 2.75) is 20.8 Å². The van der Waals surface area contributed by atoms with Gasteiger partial charge in [-0.05, 0) is 13.8 Å². The van der Waals surface area contributed by atoms with Gasteiger partial charge in [-0.15, -0.1) is 0 Å². The second-order valence-electron chi connectivity index (χ2n) is 3.88. The average Bonchev–Trinajstić information content (AvgIpc) is 2.70. The predicted octanol–water partition coefficient (Wildman–Crippen LogP) is 1.17. The van der Waals surface area contributed by atoms with Crippen LogP contribution in [0.4, 0.5) is 0 Å². The number of carboxylic acid groups (broad SMARTS) is 1. The zero-order valence-electron chi connectivity index (χ0n) is 10.1. The molecule has 0 aliphatic carbocycles. The maximum atomic E-state index is 12.0. The number of hydrogen-bond donors (Lipinski definition) is 1. The first-order valence-corrected chi connectivity index (χ1v) is 5.40. The van der Waals surface area contributed by atoms with Gasteiger partial charge in [-0.1, -0.05) is 12.1 Å². The molecule has 0 spiro atoms. The Labute approximate surface area is 99.2 Å². The number of aliphatic carboxylic acids is 1. The molecule has 6 heteroatoms. The summed E-state index contributed by atoms with van der Waals surface area (Å²) in [6.45, 7) is 5.64. The summed E-state index contributed by atoms with van der Waals surface area (Å²) in [4.78, 5) is 24.3. The van der Waals surface area contributed by atoms with Crippen molar-refractivity contribution in [1.82, 2.24) is 10.1 Å². The highest BCUT2D eigenvalue weighted by molar-refractivity contribution is 5.95. The summed E-state index contributed by atoms with van der Waals surface area (Å²) >= 11 is 0. The van der Waals surface area contributed by atoms with E-state index in [1.165, 1.54) is 11.1 Å². The number of nitrogens with zero attached hydrogens (tertiary/aromatic N) is 2. The molecule has 1 aromatic heterocycles. The largest absolute Gasteiger partial charge is 0.481 e. The maximum absolute atomic E-state index is 12.0. The Bertz CT molecular complexity index is 413. The van der Waals surface area contributed by atoms with E-state index >= 15 is 0 Å². The fraction of sp³-hybridized carbons (Fsp3) is 0.545. The molecule has 0 aromatic carbocycles. The van der Waals surface area contributed by atoms with Gasteiger partial charge in [0.1, 0.15) is 11.3 Å². The molecule has 94 valence electrons. The number of aryl methyl sites for hydroxylation is 1. The van der Waals surface area contributed by atoms with Gasteiger partial charge in [0, 0.05) is 13.1 Å². The topological polar surface area (TPSA) is 83.6 Å². The lowest BCUT2D eigenvalue weighted by atomic mass is 10.1. The second-order valence-corrected chi connectivity index (χ2v) is 3.88. The minimum Gasteiger partial charge on any atom is -0.481 e. The zero-order chi connectivity index (χ0) is 13.0. The number of carbonyl (C=O) groups is 2. The Hall–Kier alpha value is -1.85. The van der Waals surface area contributed by atoms with E-state index in [4.69, 9.17) is 9.63 Å². The molecule has 1 amide bonds. The van der Waals surface area contributed by atoms with Crippen LogP contribution in [0.5, 0.6) is 0 Å². The molecule has 0 bridgehead atoms. The fourth-order valence-corrected chi connectivity index (χ4v) is 1.44. The van der Waals surface area contributed by atoms with Crippen molar-refractivity contribution in [2.75, 3.05) is 13.1 Å². The van der Waals surface area contributed by atoms with Crippen LogP contribution < -0.4 is 0 Å². The van der Waals surface area contributed by atoms with E-state index in [9.17, 15) is 9.59 Å². The highest BCUT2D eigenvalue weighted by Crippen LogP contribution is 2.11. The van der Waals surface area contributed by atoms with E-state index in [0.29, 0.717) is 17.9 Å². The molecule has 1 atom stereocenters. The number of carboxylic acids is 1. The van der Waals surface area contributed by atoms with Gasteiger partial charge in [-0.2, -0.15) is 0 Å². The van der Waals surface area contributed by atoms with Gasteiger partial charge in [0.25, 0.3) is 5.91 Å². The SMILES string of the molecule is CCN(CC(C)C(=O)O)C(=O)c1cnoc1C. The summed E-state index contributed by atoms with van der Waals surface area (Å²) in [5, 5.41) is 12.4. The Morgan fingerprint density at radius 2 is 2.24 bits per heavy atom. The Balaban J connectivity index is 2.78. The van der Waals surface area contributed by atoms with Gasteiger partial charge in [0.05, 0.1) is 12.1 Å². The van der Waals surface area contributed by atoms with Crippen LogP contribution in [-0.2, 0) is 4.79 Å². The summed E-state index contributed by atoms with van der Waals surface area (Å²) in [6.07, 6.45) is 1.35. The van der Waals surface area contributed by atoms with E-state index in [1.54, 1.807) is 20.8 Å². The second kappa shape index (κ2) is 5.47. The molecule has 17 heavy (non-hydrogen) atoms. The number of hydrogen-bond acceptors (Lipinski definition) is 4. The molecule has 0 saturated heterocycles. The molecule has 0 aliphatic heterocycles. The van der Waals surface area contributed by atoms with Crippen LogP contribution in [-0.4, -0.2) is 40.1 Å². The normalized spacial score (nSPS) is 12.2. The molecule has 1 heterocycles. The lowest BCUT2D eigenvalue weighted by molar-refractivity contribution is -0.141. The van der Waals surface area contributed by atoms with Crippen LogP contribution in [0, 0.1) is 12.8 Å². The van der Waals surface area contributed by atoms with Crippen molar-refractivity contribution in [1.29, 1.82) is 0 Å². The average molecular weight is 240 g/mol. The summed E-state index contributed by atoms with van der Waals surface area (Å²) < 4.78 is 4.82. The third-order valence-electron chi connectivity index (χ3n) is 2.57. The van der Waals surface area contributed by atoms with Gasteiger partial charge in [0.15, 0.2) is 0 Å². The molecule has 6 nitrogen and oxygen atoms in total. The van der Waals surface area contributed by atoms with E-state index in [-0.39, 0.29) is 12.5 Å². The molecule has 0 radical (unpaired) electrons. The summed E-state index contributed by atoms with van der Waals surface area (Å²) in [6, 6.07) is 0. The third kappa shape index (κ3) is 3.05. The van der Waals surface area contributed by atoms with E-state index in [0.717, 1.165) is 0 Å². The van der Waals surface area contributed by atoms with Crippen LogP contribution in [0.3, 0.4) is 0 Å². The molecular formula is C11H16N2O4. The van der Waals surface area contributed by atoms with E-state index in [1.807, 2.05) is 0 Å². The highest BCUT2D eigenvalue weighted by Gasteiger charge is 2.23. The molecule has 0 fully saturated rings. The first kappa shape index (κ1) is 13.2. The van der Waals surface area contributed by atoms with Gasteiger partial charge < -0.3 is 14.5 Å². The maximum Gasteiger partial charge on any atom is 0.308 e. The highest BCUT2D eigenvalue weighted by atomic mass is 16.5. The van der Waals surface area contributed by atoms with Crippen LogP contribution in [0.25, 0.3) is 0 Å². The first-order valence-electron chi connectivity index (χ1n) is 5.40. The quantitative estimate of drug-likeness (QED) is 0.835. The van der Waals surface area contributed by atoms with Gasteiger partial charge in [-0.3, -0.25) is 9.59 Å².